The fraction of sp³-hybridized carbons (Fsp3) is 0.318. The topological polar surface area (TPSA) is 75.3 Å². The van der Waals surface area contributed by atoms with E-state index in [-0.39, 0.29) is 11.9 Å². The van der Waals surface area contributed by atoms with Gasteiger partial charge in [0, 0.05) is 55.8 Å². The van der Waals surface area contributed by atoms with Crippen LogP contribution in [0.3, 0.4) is 0 Å². The van der Waals surface area contributed by atoms with Gasteiger partial charge in [0.2, 0.25) is 5.91 Å². The predicted octanol–water partition coefficient (Wildman–Crippen LogP) is 5.61. The fourth-order valence-corrected chi connectivity index (χ4v) is 5.76. The van der Waals surface area contributed by atoms with E-state index in [1.807, 2.05) is 46.8 Å². The molecule has 2 N–H and O–H groups in total. The average molecular weight is 509 g/mol. The van der Waals surface area contributed by atoms with Gasteiger partial charge < -0.3 is 5.73 Å². The van der Waals surface area contributed by atoms with Gasteiger partial charge in [-0.2, -0.15) is 4.37 Å². The molecule has 1 saturated heterocycles. The number of likely N-dealkylation sites (tertiary alicyclic amines) is 1. The van der Waals surface area contributed by atoms with Crippen LogP contribution in [0.15, 0.2) is 46.8 Å². The van der Waals surface area contributed by atoms with Gasteiger partial charge in [0.1, 0.15) is 0 Å². The number of carbonyl (C=O) groups excluding carboxylic acids is 1. The van der Waals surface area contributed by atoms with Gasteiger partial charge in [-0.1, -0.05) is 41.4 Å². The molecule has 1 amide bonds. The first kappa shape index (κ1) is 23.3. The first-order valence-corrected chi connectivity index (χ1v) is 12.5. The molecule has 1 aliphatic rings. The van der Waals surface area contributed by atoms with Crippen LogP contribution in [0.5, 0.6) is 0 Å². The summed E-state index contributed by atoms with van der Waals surface area (Å²) in [6.07, 6.45) is 1.80. The van der Waals surface area contributed by atoms with Crippen molar-refractivity contribution in [2.24, 2.45) is 0 Å². The van der Waals surface area contributed by atoms with Gasteiger partial charge in [-0.15, -0.1) is 0 Å². The van der Waals surface area contributed by atoms with Crippen molar-refractivity contribution in [1.29, 1.82) is 0 Å². The van der Waals surface area contributed by atoms with Gasteiger partial charge >= 0.3 is 0 Å². The van der Waals surface area contributed by atoms with E-state index in [0.717, 1.165) is 47.9 Å². The third-order valence-electron chi connectivity index (χ3n) is 5.32. The van der Waals surface area contributed by atoms with Crippen molar-refractivity contribution in [2.75, 3.05) is 18.8 Å². The molecule has 1 aromatic heterocycles. The Morgan fingerprint density at radius 2 is 2.00 bits per heavy atom. The molecule has 0 aliphatic carbocycles. The standard InChI is InChI=1S/C22H23Cl2N5OS2/c1-14(30)29(32-22-26-21(27-31-22)16-3-2-4-17(25)12-16)18-7-9-28(10-8-18)13-15-5-6-19(23)20(24)11-15/h2-6,11-12,18H,7-10,13,25H2,1H3. The first-order valence-electron chi connectivity index (χ1n) is 10.2. The van der Waals surface area contributed by atoms with Crippen molar-refractivity contribution in [1.82, 2.24) is 18.6 Å². The van der Waals surface area contributed by atoms with Gasteiger partial charge in [-0.3, -0.25) is 14.0 Å². The molecule has 0 atom stereocenters. The zero-order chi connectivity index (χ0) is 22.7. The Morgan fingerprint density at radius 1 is 1.22 bits per heavy atom. The van der Waals surface area contributed by atoms with Crippen LogP contribution >= 0.6 is 46.7 Å². The smallest absolute Gasteiger partial charge is 0.229 e. The van der Waals surface area contributed by atoms with Crippen LogP contribution in [0, 0.1) is 0 Å². The molecule has 1 aliphatic heterocycles. The van der Waals surface area contributed by atoms with Gasteiger partial charge in [-0.05, 0) is 54.2 Å². The second-order valence-corrected chi connectivity index (χ2v) is 10.5. The van der Waals surface area contributed by atoms with Gasteiger partial charge in [0.15, 0.2) is 10.2 Å². The highest BCUT2D eigenvalue weighted by Gasteiger charge is 2.28. The molecule has 0 spiro atoms. The number of benzene rings is 2. The number of hydrogen-bond acceptors (Lipinski definition) is 7. The highest BCUT2D eigenvalue weighted by atomic mass is 35.5. The molecule has 4 rings (SSSR count). The molecule has 0 unspecified atom stereocenters. The van der Waals surface area contributed by atoms with Crippen LogP contribution in [0.1, 0.15) is 25.3 Å². The Morgan fingerprint density at radius 3 is 2.69 bits per heavy atom. The second-order valence-electron chi connectivity index (χ2n) is 7.70. The zero-order valence-electron chi connectivity index (χ0n) is 17.5. The molecule has 2 heterocycles. The summed E-state index contributed by atoms with van der Waals surface area (Å²) >= 11 is 14.8. The molecule has 1 fully saturated rings. The van der Waals surface area contributed by atoms with Crippen LogP contribution in [-0.2, 0) is 11.3 Å². The maximum Gasteiger partial charge on any atom is 0.229 e. The maximum atomic E-state index is 12.4. The third-order valence-corrected chi connectivity index (χ3v) is 8.02. The fourth-order valence-electron chi connectivity index (χ4n) is 3.73. The van der Waals surface area contributed by atoms with E-state index >= 15 is 0 Å². The quantitative estimate of drug-likeness (QED) is 0.344. The maximum absolute atomic E-state index is 12.4. The number of rotatable bonds is 6. The molecule has 0 saturated carbocycles. The van der Waals surface area contributed by atoms with Gasteiger partial charge in [0.25, 0.3) is 0 Å². The Balaban J connectivity index is 1.37. The molecule has 0 bridgehead atoms. The van der Waals surface area contributed by atoms with Crippen LogP contribution < -0.4 is 5.73 Å². The van der Waals surface area contributed by atoms with Crippen LogP contribution in [0.2, 0.25) is 10.0 Å². The minimum atomic E-state index is 0.0265. The predicted molar refractivity (Wildman–Crippen MR) is 133 cm³/mol. The number of nitrogens with two attached hydrogens (primary N) is 1. The molecule has 10 heteroatoms. The Labute approximate surface area is 206 Å². The lowest BCUT2D eigenvalue weighted by Crippen LogP contribution is -2.43. The second kappa shape index (κ2) is 10.4. The van der Waals surface area contributed by atoms with E-state index in [1.54, 1.807) is 6.92 Å². The lowest BCUT2D eigenvalue weighted by molar-refractivity contribution is -0.125. The number of anilines is 1. The van der Waals surface area contributed by atoms with Crippen molar-refractivity contribution in [3.05, 3.63) is 58.1 Å². The largest absolute Gasteiger partial charge is 0.399 e. The lowest BCUT2D eigenvalue weighted by Gasteiger charge is -2.36. The Kier molecular flexibility index (Phi) is 7.58. The molecule has 3 aromatic rings. The van der Waals surface area contributed by atoms with Crippen molar-refractivity contribution in [2.45, 2.75) is 36.7 Å². The van der Waals surface area contributed by atoms with E-state index in [9.17, 15) is 4.79 Å². The molecule has 6 nitrogen and oxygen atoms in total. The van der Waals surface area contributed by atoms with Gasteiger partial charge in [-0.25, -0.2) is 4.98 Å². The van der Waals surface area contributed by atoms with Crippen LogP contribution in [0.4, 0.5) is 5.69 Å². The minimum Gasteiger partial charge on any atom is -0.399 e. The highest BCUT2D eigenvalue weighted by molar-refractivity contribution is 7.99. The first-order chi connectivity index (χ1) is 15.4. The number of hydrogen-bond donors (Lipinski definition) is 1. The van der Waals surface area contributed by atoms with Crippen molar-refractivity contribution >= 4 is 58.3 Å². The number of carbonyl (C=O) groups is 1. The van der Waals surface area contributed by atoms with Gasteiger partial charge in [0.05, 0.1) is 10.0 Å². The van der Waals surface area contributed by atoms with Crippen molar-refractivity contribution in [3.63, 3.8) is 0 Å². The summed E-state index contributed by atoms with van der Waals surface area (Å²) in [6, 6.07) is 13.4. The number of halogens is 2. The monoisotopic (exact) mass is 507 g/mol. The average Bonchev–Trinajstić information content (AvgIpc) is 3.24. The summed E-state index contributed by atoms with van der Waals surface area (Å²) in [4.78, 5) is 19.4. The van der Waals surface area contributed by atoms with Crippen molar-refractivity contribution in [3.8, 4) is 11.4 Å². The molecule has 168 valence electrons. The van der Waals surface area contributed by atoms with Crippen molar-refractivity contribution < 1.29 is 4.79 Å². The normalized spacial score (nSPS) is 15.1. The lowest BCUT2D eigenvalue weighted by atomic mass is 10.0. The highest BCUT2D eigenvalue weighted by Crippen LogP contribution is 2.33. The van der Waals surface area contributed by atoms with Crippen LogP contribution in [0.25, 0.3) is 11.4 Å². The number of nitrogen functional groups attached to an aromatic ring is 1. The summed E-state index contributed by atoms with van der Waals surface area (Å²) in [5.41, 5.74) is 8.55. The minimum absolute atomic E-state index is 0.0265. The molecular weight excluding hydrogens is 485 g/mol. The molecule has 2 aromatic carbocycles. The number of amides is 1. The summed E-state index contributed by atoms with van der Waals surface area (Å²) in [5, 5.41) is 1.15. The van der Waals surface area contributed by atoms with E-state index < -0.39 is 0 Å². The summed E-state index contributed by atoms with van der Waals surface area (Å²) in [6.45, 7) is 4.23. The summed E-state index contributed by atoms with van der Waals surface area (Å²) in [7, 11) is 0. The zero-order valence-corrected chi connectivity index (χ0v) is 20.6. The molecular formula is C22H23Cl2N5OS2. The molecule has 0 radical (unpaired) electrons. The number of aromatic nitrogens is 2. The van der Waals surface area contributed by atoms with Crippen LogP contribution in [-0.4, -0.2) is 43.6 Å². The van der Waals surface area contributed by atoms with E-state index in [2.05, 4.69) is 14.3 Å². The Bertz CT molecular complexity index is 1100. The SMILES string of the molecule is CC(=O)N(Sc1nc(-c2cccc(N)c2)ns1)C1CCN(Cc2ccc(Cl)c(Cl)c2)CC1. The number of nitrogens with zero attached hydrogens (tertiary/aromatic N) is 4. The van der Waals surface area contributed by atoms with E-state index in [0.29, 0.717) is 21.6 Å². The third kappa shape index (κ3) is 5.74. The summed E-state index contributed by atoms with van der Waals surface area (Å²) < 4.78 is 7.04. The molecule has 32 heavy (non-hydrogen) atoms. The number of piperidine rings is 1. The van der Waals surface area contributed by atoms with E-state index in [4.69, 9.17) is 28.9 Å². The van der Waals surface area contributed by atoms with E-state index in [1.165, 1.54) is 23.5 Å². The summed E-state index contributed by atoms with van der Waals surface area (Å²) in [5.74, 6) is 0.656. The Hall–Kier alpha value is -1.84.